The lowest BCUT2D eigenvalue weighted by Crippen LogP contribution is -2.16. The highest BCUT2D eigenvalue weighted by Crippen LogP contribution is 2.13. The number of ether oxygens (including phenoxy) is 1. The molecular weight excluding hydrogens is 276 g/mol. The van der Waals surface area contributed by atoms with Crippen LogP contribution in [0.15, 0.2) is 66.2 Å². The van der Waals surface area contributed by atoms with Gasteiger partial charge in [-0.3, -0.25) is 4.79 Å². The fraction of sp³-hybridized carbons (Fsp3) is 0.211. The minimum Gasteiger partial charge on any atom is -0.461 e. The van der Waals surface area contributed by atoms with Crippen molar-refractivity contribution < 1.29 is 14.6 Å². The van der Waals surface area contributed by atoms with E-state index in [4.69, 9.17) is 4.74 Å². The number of aliphatic hydroxyl groups excluding tert-OH is 1. The summed E-state index contributed by atoms with van der Waals surface area (Å²) < 4.78 is 5.17. The summed E-state index contributed by atoms with van der Waals surface area (Å²) in [7, 11) is 0. The SMILES string of the molecule is C/C(=C\c1ccccc1)[C@H](O)CC(=O)OCc1ccccc1. The van der Waals surface area contributed by atoms with Crippen molar-refractivity contribution in [3.05, 3.63) is 77.4 Å². The largest absolute Gasteiger partial charge is 0.461 e. The average Bonchev–Trinajstić information content (AvgIpc) is 2.55. The number of esters is 1. The van der Waals surface area contributed by atoms with Gasteiger partial charge in [-0.15, -0.1) is 0 Å². The van der Waals surface area contributed by atoms with Crippen molar-refractivity contribution in [1.29, 1.82) is 0 Å². The lowest BCUT2D eigenvalue weighted by atomic mass is 10.1. The molecule has 3 nitrogen and oxygen atoms in total. The van der Waals surface area contributed by atoms with Gasteiger partial charge < -0.3 is 9.84 Å². The van der Waals surface area contributed by atoms with Gasteiger partial charge >= 0.3 is 5.97 Å². The quantitative estimate of drug-likeness (QED) is 0.829. The van der Waals surface area contributed by atoms with E-state index < -0.39 is 12.1 Å². The Bertz CT molecular complexity index is 618. The van der Waals surface area contributed by atoms with Crippen LogP contribution in [0.4, 0.5) is 0 Å². The monoisotopic (exact) mass is 296 g/mol. The molecule has 0 aliphatic heterocycles. The molecule has 0 unspecified atom stereocenters. The van der Waals surface area contributed by atoms with Crippen LogP contribution in [-0.2, 0) is 16.1 Å². The molecule has 114 valence electrons. The van der Waals surface area contributed by atoms with Crippen LogP contribution >= 0.6 is 0 Å². The topological polar surface area (TPSA) is 46.5 Å². The predicted molar refractivity (Wildman–Crippen MR) is 87.0 cm³/mol. The van der Waals surface area contributed by atoms with E-state index in [2.05, 4.69) is 0 Å². The molecule has 0 aliphatic carbocycles. The third kappa shape index (κ3) is 5.19. The smallest absolute Gasteiger partial charge is 0.309 e. The van der Waals surface area contributed by atoms with Crippen molar-refractivity contribution in [1.82, 2.24) is 0 Å². The predicted octanol–water partition coefficient (Wildman–Crippen LogP) is 3.58. The molecule has 0 radical (unpaired) electrons. The third-order valence-corrected chi connectivity index (χ3v) is 3.32. The summed E-state index contributed by atoms with van der Waals surface area (Å²) in [4.78, 5) is 11.8. The summed E-state index contributed by atoms with van der Waals surface area (Å²) >= 11 is 0. The van der Waals surface area contributed by atoms with E-state index in [-0.39, 0.29) is 13.0 Å². The van der Waals surface area contributed by atoms with Gasteiger partial charge in [0.05, 0.1) is 12.5 Å². The Labute approximate surface area is 130 Å². The van der Waals surface area contributed by atoms with Crippen molar-refractivity contribution in [3.63, 3.8) is 0 Å². The van der Waals surface area contributed by atoms with Gasteiger partial charge in [-0.05, 0) is 23.6 Å². The highest BCUT2D eigenvalue weighted by atomic mass is 16.5. The molecule has 0 saturated carbocycles. The van der Waals surface area contributed by atoms with E-state index in [1.165, 1.54) is 0 Å². The van der Waals surface area contributed by atoms with E-state index in [9.17, 15) is 9.90 Å². The molecule has 2 rings (SSSR count). The zero-order valence-electron chi connectivity index (χ0n) is 12.6. The number of rotatable bonds is 6. The van der Waals surface area contributed by atoms with Gasteiger partial charge in [0, 0.05) is 0 Å². The van der Waals surface area contributed by atoms with Crippen LogP contribution in [0.25, 0.3) is 6.08 Å². The number of carbonyl (C=O) groups is 1. The van der Waals surface area contributed by atoms with Gasteiger partial charge in [0.15, 0.2) is 0 Å². The van der Waals surface area contributed by atoms with Crippen molar-refractivity contribution in [2.45, 2.75) is 26.1 Å². The molecule has 0 heterocycles. The Morgan fingerprint density at radius 1 is 1.09 bits per heavy atom. The van der Waals surface area contributed by atoms with Crippen LogP contribution in [0, 0.1) is 0 Å². The molecule has 0 aliphatic rings. The molecule has 0 aromatic heterocycles. The molecule has 2 aromatic carbocycles. The minimum atomic E-state index is -0.830. The maximum absolute atomic E-state index is 11.8. The molecule has 1 atom stereocenters. The summed E-state index contributed by atoms with van der Waals surface area (Å²) in [6, 6.07) is 19.2. The van der Waals surface area contributed by atoms with Crippen molar-refractivity contribution in [3.8, 4) is 0 Å². The first-order valence-corrected chi connectivity index (χ1v) is 7.26. The highest BCUT2D eigenvalue weighted by Gasteiger charge is 2.13. The second-order valence-electron chi connectivity index (χ2n) is 5.17. The van der Waals surface area contributed by atoms with Crippen LogP contribution in [0.2, 0.25) is 0 Å². The maximum atomic E-state index is 11.8. The molecule has 0 fully saturated rings. The normalized spacial score (nSPS) is 12.7. The summed E-state index contributed by atoms with van der Waals surface area (Å²) in [6.45, 7) is 2.04. The zero-order chi connectivity index (χ0) is 15.8. The van der Waals surface area contributed by atoms with Crippen molar-refractivity contribution in [2.24, 2.45) is 0 Å². The summed E-state index contributed by atoms with van der Waals surface area (Å²) in [5.41, 5.74) is 2.67. The van der Waals surface area contributed by atoms with Gasteiger partial charge in [0.2, 0.25) is 0 Å². The Balaban J connectivity index is 1.84. The lowest BCUT2D eigenvalue weighted by molar-refractivity contribution is -0.146. The van der Waals surface area contributed by atoms with Gasteiger partial charge in [-0.25, -0.2) is 0 Å². The van der Waals surface area contributed by atoms with E-state index in [0.717, 1.165) is 16.7 Å². The first-order chi connectivity index (χ1) is 10.6. The minimum absolute atomic E-state index is 0.0397. The van der Waals surface area contributed by atoms with Crippen LogP contribution in [0.5, 0.6) is 0 Å². The third-order valence-electron chi connectivity index (χ3n) is 3.32. The number of aliphatic hydroxyl groups is 1. The first kappa shape index (κ1) is 16.0. The van der Waals surface area contributed by atoms with E-state index in [0.29, 0.717) is 0 Å². The molecule has 0 spiro atoms. The van der Waals surface area contributed by atoms with Crippen molar-refractivity contribution in [2.75, 3.05) is 0 Å². The molecule has 1 N–H and O–H groups in total. The molecule has 3 heteroatoms. The summed E-state index contributed by atoms with van der Waals surface area (Å²) in [6.07, 6.45) is 1.00. The van der Waals surface area contributed by atoms with Gasteiger partial charge in [-0.2, -0.15) is 0 Å². The summed E-state index contributed by atoms with van der Waals surface area (Å²) in [5, 5.41) is 10.1. The lowest BCUT2D eigenvalue weighted by Gasteiger charge is -2.11. The van der Waals surface area contributed by atoms with Gasteiger partial charge in [0.25, 0.3) is 0 Å². The van der Waals surface area contributed by atoms with E-state index in [1.54, 1.807) is 0 Å². The number of hydrogen-bond donors (Lipinski definition) is 1. The van der Waals surface area contributed by atoms with Crippen LogP contribution in [0.1, 0.15) is 24.5 Å². The Morgan fingerprint density at radius 3 is 2.32 bits per heavy atom. The van der Waals surface area contributed by atoms with Crippen molar-refractivity contribution >= 4 is 12.0 Å². The van der Waals surface area contributed by atoms with Gasteiger partial charge in [0.1, 0.15) is 6.61 Å². The summed E-state index contributed by atoms with van der Waals surface area (Å²) in [5.74, 6) is -0.405. The molecular formula is C19H20O3. The first-order valence-electron chi connectivity index (χ1n) is 7.26. The average molecular weight is 296 g/mol. The standard InChI is InChI=1S/C19H20O3/c1-15(12-16-8-4-2-5-9-16)18(20)13-19(21)22-14-17-10-6-3-7-11-17/h2-12,18,20H,13-14H2,1H3/b15-12+/t18-/m1/s1. The van der Waals surface area contributed by atoms with E-state index in [1.807, 2.05) is 73.7 Å². The molecule has 22 heavy (non-hydrogen) atoms. The number of carbonyl (C=O) groups excluding carboxylic acids is 1. The van der Waals surface area contributed by atoms with Gasteiger partial charge in [-0.1, -0.05) is 66.7 Å². The number of benzene rings is 2. The molecule has 0 amide bonds. The van der Waals surface area contributed by atoms with E-state index >= 15 is 0 Å². The second-order valence-corrected chi connectivity index (χ2v) is 5.17. The maximum Gasteiger partial charge on any atom is 0.309 e. The van der Waals surface area contributed by atoms with Crippen LogP contribution in [0.3, 0.4) is 0 Å². The van der Waals surface area contributed by atoms with Crippen LogP contribution in [-0.4, -0.2) is 17.2 Å². The molecule has 0 bridgehead atoms. The fourth-order valence-electron chi connectivity index (χ4n) is 2.02. The highest BCUT2D eigenvalue weighted by molar-refractivity contribution is 5.71. The fourth-order valence-corrected chi connectivity index (χ4v) is 2.02. The number of hydrogen-bond acceptors (Lipinski definition) is 3. The second kappa shape index (κ2) is 8.15. The Morgan fingerprint density at radius 2 is 1.68 bits per heavy atom. The molecule has 0 saturated heterocycles. The Hall–Kier alpha value is -2.39. The Kier molecular flexibility index (Phi) is 5.92. The zero-order valence-corrected chi connectivity index (χ0v) is 12.6. The molecule has 2 aromatic rings. The van der Waals surface area contributed by atoms with Crippen LogP contribution < -0.4 is 0 Å².